The third-order valence-corrected chi connectivity index (χ3v) is 4.22. The molecular formula is C15H24BrNO. The largest absolute Gasteiger partial charge is 0.496 e. The molecule has 18 heavy (non-hydrogen) atoms. The minimum absolute atomic E-state index is 0.556. The first kappa shape index (κ1) is 15.5. The van der Waals surface area contributed by atoms with Crippen molar-refractivity contribution in [2.75, 3.05) is 7.11 Å². The highest BCUT2D eigenvalue weighted by Gasteiger charge is 2.12. The van der Waals surface area contributed by atoms with Crippen LogP contribution >= 0.6 is 15.9 Å². The first-order valence-corrected chi connectivity index (χ1v) is 7.47. The average Bonchev–Trinajstić information content (AvgIpc) is 2.38. The SMILES string of the molecule is CCC(CC)C(C)NCc1ccc(OC)c(Br)c1. The molecule has 0 aliphatic heterocycles. The lowest BCUT2D eigenvalue weighted by molar-refractivity contribution is 0.353. The second-order valence-corrected chi connectivity index (χ2v) is 5.57. The molecule has 1 rings (SSSR count). The quantitative estimate of drug-likeness (QED) is 0.807. The third-order valence-electron chi connectivity index (χ3n) is 3.60. The Morgan fingerprint density at radius 2 is 1.94 bits per heavy atom. The number of benzene rings is 1. The summed E-state index contributed by atoms with van der Waals surface area (Å²) >= 11 is 3.52. The zero-order valence-electron chi connectivity index (χ0n) is 11.8. The summed E-state index contributed by atoms with van der Waals surface area (Å²) in [5, 5.41) is 3.60. The molecule has 1 N–H and O–H groups in total. The van der Waals surface area contributed by atoms with Crippen LogP contribution in [0.1, 0.15) is 39.2 Å². The molecule has 2 nitrogen and oxygen atoms in total. The first-order valence-electron chi connectivity index (χ1n) is 6.68. The molecule has 0 heterocycles. The predicted octanol–water partition coefficient (Wildman–Crippen LogP) is 4.37. The van der Waals surface area contributed by atoms with Crippen molar-refractivity contribution in [1.82, 2.24) is 5.32 Å². The lowest BCUT2D eigenvalue weighted by Gasteiger charge is -2.22. The number of rotatable bonds is 7. The summed E-state index contributed by atoms with van der Waals surface area (Å²) < 4.78 is 6.24. The molecule has 0 aliphatic carbocycles. The average molecular weight is 314 g/mol. The van der Waals surface area contributed by atoms with E-state index >= 15 is 0 Å². The lowest BCUT2D eigenvalue weighted by Crippen LogP contribution is -2.32. The highest BCUT2D eigenvalue weighted by atomic mass is 79.9. The Morgan fingerprint density at radius 3 is 2.44 bits per heavy atom. The van der Waals surface area contributed by atoms with Gasteiger partial charge in [0, 0.05) is 12.6 Å². The van der Waals surface area contributed by atoms with Gasteiger partial charge in [-0.25, -0.2) is 0 Å². The summed E-state index contributed by atoms with van der Waals surface area (Å²) in [6.07, 6.45) is 2.47. The minimum atomic E-state index is 0.556. The van der Waals surface area contributed by atoms with Crippen LogP contribution in [0.2, 0.25) is 0 Å². The number of halogens is 1. The van der Waals surface area contributed by atoms with Gasteiger partial charge in [0.05, 0.1) is 11.6 Å². The molecular weight excluding hydrogens is 290 g/mol. The summed E-state index contributed by atoms with van der Waals surface area (Å²) in [4.78, 5) is 0. The fourth-order valence-corrected chi connectivity index (χ4v) is 2.85. The van der Waals surface area contributed by atoms with Crippen LogP contribution < -0.4 is 10.1 Å². The Hall–Kier alpha value is -0.540. The molecule has 1 atom stereocenters. The summed E-state index contributed by atoms with van der Waals surface area (Å²) in [6, 6.07) is 6.78. The van der Waals surface area contributed by atoms with Crippen LogP contribution in [0.25, 0.3) is 0 Å². The van der Waals surface area contributed by atoms with Gasteiger partial charge in [-0.15, -0.1) is 0 Å². The van der Waals surface area contributed by atoms with Crippen molar-refractivity contribution in [3.63, 3.8) is 0 Å². The van der Waals surface area contributed by atoms with Crippen molar-refractivity contribution >= 4 is 15.9 Å². The van der Waals surface area contributed by atoms with Crippen molar-refractivity contribution in [3.05, 3.63) is 28.2 Å². The van der Waals surface area contributed by atoms with E-state index in [9.17, 15) is 0 Å². The molecule has 102 valence electrons. The molecule has 0 spiro atoms. The highest BCUT2D eigenvalue weighted by molar-refractivity contribution is 9.10. The van der Waals surface area contributed by atoms with E-state index in [1.165, 1.54) is 18.4 Å². The van der Waals surface area contributed by atoms with Crippen molar-refractivity contribution in [1.29, 1.82) is 0 Å². The standard InChI is InChI=1S/C15H24BrNO/c1-5-13(6-2)11(3)17-10-12-7-8-15(18-4)14(16)9-12/h7-9,11,13,17H,5-6,10H2,1-4H3. The maximum Gasteiger partial charge on any atom is 0.133 e. The zero-order chi connectivity index (χ0) is 13.5. The van der Waals surface area contributed by atoms with E-state index in [4.69, 9.17) is 4.74 Å². The number of hydrogen-bond donors (Lipinski definition) is 1. The van der Waals surface area contributed by atoms with Crippen LogP contribution in [0.4, 0.5) is 0 Å². The lowest BCUT2D eigenvalue weighted by atomic mass is 9.95. The van der Waals surface area contributed by atoms with E-state index in [-0.39, 0.29) is 0 Å². The molecule has 1 unspecified atom stereocenters. The maximum atomic E-state index is 5.23. The van der Waals surface area contributed by atoms with Gasteiger partial charge in [-0.1, -0.05) is 32.8 Å². The van der Waals surface area contributed by atoms with Gasteiger partial charge in [-0.3, -0.25) is 0 Å². The molecule has 0 saturated heterocycles. The smallest absolute Gasteiger partial charge is 0.133 e. The van der Waals surface area contributed by atoms with Crippen molar-refractivity contribution in [3.8, 4) is 5.75 Å². The van der Waals surface area contributed by atoms with E-state index in [1.807, 2.05) is 6.07 Å². The van der Waals surface area contributed by atoms with Crippen molar-refractivity contribution in [2.24, 2.45) is 5.92 Å². The normalized spacial score (nSPS) is 12.8. The second-order valence-electron chi connectivity index (χ2n) is 4.72. The van der Waals surface area contributed by atoms with E-state index in [1.54, 1.807) is 7.11 Å². The Balaban J connectivity index is 2.55. The van der Waals surface area contributed by atoms with Gasteiger partial charge in [0.25, 0.3) is 0 Å². The summed E-state index contributed by atoms with van der Waals surface area (Å²) in [7, 11) is 1.69. The Bertz CT molecular complexity index is 364. The van der Waals surface area contributed by atoms with Gasteiger partial charge in [0.15, 0.2) is 0 Å². The van der Waals surface area contributed by atoms with Crippen LogP contribution in [-0.4, -0.2) is 13.2 Å². The molecule has 0 amide bonds. The van der Waals surface area contributed by atoms with Gasteiger partial charge in [0.2, 0.25) is 0 Å². The fraction of sp³-hybridized carbons (Fsp3) is 0.600. The molecule has 1 aromatic carbocycles. The van der Waals surface area contributed by atoms with Crippen LogP contribution in [0.15, 0.2) is 22.7 Å². The van der Waals surface area contributed by atoms with Gasteiger partial charge >= 0.3 is 0 Å². The molecule has 0 radical (unpaired) electrons. The van der Waals surface area contributed by atoms with E-state index in [2.05, 4.69) is 54.2 Å². The maximum absolute atomic E-state index is 5.23. The Kier molecular flexibility index (Phi) is 6.72. The summed E-state index contributed by atoms with van der Waals surface area (Å²) in [5.41, 5.74) is 1.28. The van der Waals surface area contributed by atoms with Crippen LogP contribution in [0.5, 0.6) is 5.75 Å². The van der Waals surface area contributed by atoms with E-state index < -0.39 is 0 Å². The Morgan fingerprint density at radius 1 is 1.28 bits per heavy atom. The van der Waals surface area contributed by atoms with Gasteiger partial charge < -0.3 is 10.1 Å². The van der Waals surface area contributed by atoms with Gasteiger partial charge in [0.1, 0.15) is 5.75 Å². The Labute approximate surface area is 119 Å². The molecule has 0 bridgehead atoms. The second kappa shape index (κ2) is 7.80. The minimum Gasteiger partial charge on any atom is -0.496 e. The summed E-state index contributed by atoms with van der Waals surface area (Å²) in [5.74, 6) is 1.64. The van der Waals surface area contributed by atoms with Gasteiger partial charge in [-0.05, 0) is 46.5 Å². The third kappa shape index (κ3) is 4.29. The first-order chi connectivity index (χ1) is 8.62. The molecule has 0 fully saturated rings. The number of methoxy groups -OCH3 is 1. The van der Waals surface area contributed by atoms with Crippen molar-refractivity contribution in [2.45, 2.75) is 46.2 Å². The number of hydrogen-bond acceptors (Lipinski definition) is 2. The monoisotopic (exact) mass is 313 g/mol. The molecule has 0 aliphatic rings. The number of nitrogens with one attached hydrogen (secondary N) is 1. The summed E-state index contributed by atoms with van der Waals surface area (Å²) in [6.45, 7) is 7.70. The van der Waals surface area contributed by atoms with Gasteiger partial charge in [-0.2, -0.15) is 0 Å². The predicted molar refractivity (Wildman–Crippen MR) is 81.1 cm³/mol. The number of ether oxygens (including phenoxy) is 1. The van der Waals surface area contributed by atoms with E-state index in [0.29, 0.717) is 6.04 Å². The van der Waals surface area contributed by atoms with E-state index in [0.717, 1.165) is 22.7 Å². The topological polar surface area (TPSA) is 21.3 Å². The molecule has 3 heteroatoms. The van der Waals surface area contributed by atoms with Crippen LogP contribution in [0, 0.1) is 5.92 Å². The fourth-order valence-electron chi connectivity index (χ4n) is 2.26. The van der Waals surface area contributed by atoms with Crippen molar-refractivity contribution < 1.29 is 4.74 Å². The molecule has 0 saturated carbocycles. The van der Waals surface area contributed by atoms with Crippen LogP contribution in [0.3, 0.4) is 0 Å². The molecule has 0 aromatic heterocycles. The van der Waals surface area contributed by atoms with Crippen LogP contribution in [-0.2, 0) is 6.54 Å². The molecule has 1 aromatic rings. The highest BCUT2D eigenvalue weighted by Crippen LogP contribution is 2.25. The zero-order valence-corrected chi connectivity index (χ0v) is 13.4.